The molecule has 0 bridgehead atoms. The second-order valence-corrected chi connectivity index (χ2v) is 4.15. The van der Waals surface area contributed by atoms with Crippen LogP contribution >= 0.6 is 0 Å². The molecule has 1 saturated carbocycles. The van der Waals surface area contributed by atoms with E-state index in [9.17, 15) is 0 Å². The molecular weight excluding hydrogens is 186 g/mol. The van der Waals surface area contributed by atoms with E-state index in [0.717, 1.165) is 16.7 Å². The Morgan fingerprint density at radius 1 is 1.27 bits per heavy atom. The molecule has 0 aromatic carbocycles. The third kappa shape index (κ3) is 1.59. The maximum Gasteiger partial charge on any atom is 0.159 e. The van der Waals surface area contributed by atoms with Crippen molar-refractivity contribution in [3.63, 3.8) is 0 Å². The second kappa shape index (κ2) is 3.28. The molecule has 2 N–H and O–H groups in total. The van der Waals surface area contributed by atoms with Crippen LogP contribution in [0, 0.1) is 5.92 Å². The molecule has 1 unspecified atom stereocenters. The Kier molecular flexibility index (Phi) is 1.92. The first-order chi connectivity index (χ1) is 7.34. The standard InChI is InChI=1S/C12H13N3/c13-11(8-3-4-8)10-6-5-9-2-1-7-14-12(9)15-10/h1-2,5-8,11H,3-4,13H2. The molecule has 1 aliphatic carbocycles. The van der Waals surface area contributed by atoms with Gasteiger partial charge in [-0.05, 0) is 43.0 Å². The van der Waals surface area contributed by atoms with E-state index < -0.39 is 0 Å². The van der Waals surface area contributed by atoms with Gasteiger partial charge < -0.3 is 5.73 Å². The van der Waals surface area contributed by atoms with E-state index in [1.807, 2.05) is 24.3 Å². The first-order valence-corrected chi connectivity index (χ1v) is 5.32. The van der Waals surface area contributed by atoms with Crippen molar-refractivity contribution in [1.82, 2.24) is 9.97 Å². The van der Waals surface area contributed by atoms with Crippen LogP contribution in [0.5, 0.6) is 0 Å². The minimum Gasteiger partial charge on any atom is -0.322 e. The smallest absolute Gasteiger partial charge is 0.159 e. The summed E-state index contributed by atoms with van der Waals surface area (Å²) in [6.07, 6.45) is 4.24. The molecule has 1 aliphatic rings. The summed E-state index contributed by atoms with van der Waals surface area (Å²) in [7, 11) is 0. The summed E-state index contributed by atoms with van der Waals surface area (Å²) in [4.78, 5) is 8.74. The number of fused-ring (bicyclic) bond motifs is 1. The van der Waals surface area contributed by atoms with Crippen molar-refractivity contribution in [1.29, 1.82) is 0 Å². The van der Waals surface area contributed by atoms with Gasteiger partial charge in [0.15, 0.2) is 5.65 Å². The van der Waals surface area contributed by atoms with Gasteiger partial charge in [-0.3, -0.25) is 0 Å². The lowest BCUT2D eigenvalue weighted by Gasteiger charge is -2.09. The summed E-state index contributed by atoms with van der Waals surface area (Å²) in [5.74, 6) is 0.638. The molecule has 15 heavy (non-hydrogen) atoms. The molecule has 3 rings (SSSR count). The molecule has 3 heteroatoms. The number of nitrogens with zero attached hydrogens (tertiary/aromatic N) is 2. The van der Waals surface area contributed by atoms with Crippen molar-refractivity contribution in [2.45, 2.75) is 18.9 Å². The fourth-order valence-electron chi connectivity index (χ4n) is 1.85. The van der Waals surface area contributed by atoms with Crippen molar-refractivity contribution in [3.05, 3.63) is 36.2 Å². The van der Waals surface area contributed by atoms with Gasteiger partial charge in [-0.1, -0.05) is 0 Å². The molecule has 0 aliphatic heterocycles. The van der Waals surface area contributed by atoms with E-state index in [-0.39, 0.29) is 6.04 Å². The molecule has 2 heterocycles. The largest absolute Gasteiger partial charge is 0.322 e. The average Bonchev–Trinajstić information content (AvgIpc) is 3.11. The highest BCUT2D eigenvalue weighted by Gasteiger charge is 2.30. The number of rotatable bonds is 2. The van der Waals surface area contributed by atoms with Crippen LogP contribution in [0.2, 0.25) is 0 Å². The fraction of sp³-hybridized carbons (Fsp3) is 0.333. The van der Waals surface area contributed by atoms with E-state index in [0.29, 0.717) is 5.92 Å². The molecule has 1 fully saturated rings. The van der Waals surface area contributed by atoms with E-state index in [4.69, 9.17) is 5.73 Å². The number of hydrogen-bond donors (Lipinski definition) is 1. The van der Waals surface area contributed by atoms with Crippen LogP contribution in [0.4, 0.5) is 0 Å². The van der Waals surface area contributed by atoms with Crippen LogP contribution in [-0.2, 0) is 0 Å². The van der Waals surface area contributed by atoms with Gasteiger partial charge in [-0.15, -0.1) is 0 Å². The van der Waals surface area contributed by atoms with Crippen molar-refractivity contribution in [2.24, 2.45) is 11.7 Å². The number of nitrogens with two attached hydrogens (primary N) is 1. The van der Waals surface area contributed by atoms with Crippen LogP contribution in [0.1, 0.15) is 24.6 Å². The Morgan fingerprint density at radius 2 is 2.13 bits per heavy atom. The van der Waals surface area contributed by atoms with E-state index >= 15 is 0 Å². The maximum absolute atomic E-state index is 6.10. The Labute approximate surface area is 88.3 Å². The van der Waals surface area contributed by atoms with Gasteiger partial charge >= 0.3 is 0 Å². The normalized spacial score (nSPS) is 17.9. The van der Waals surface area contributed by atoms with Gasteiger partial charge in [-0.25, -0.2) is 9.97 Å². The predicted octanol–water partition coefficient (Wildman–Crippen LogP) is 2.04. The molecule has 0 saturated heterocycles. The van der Waals surface area contributed by atoms with E-state index in [1.165, 1.54) is 12.8 Å². The lowest BCUT2D eigenvalue weighted by molar-refractivity contribution is 0.617. The summed E-state index contributed by atoms with van der Waals surface area (Å²) in [5.41, 5.74) is 7.87. The highest BCUT2D eigenvalue weighted by Crippen LogP contribution is 2.38. The van der Waals surface area contributed by atoms with Crippen LogP contribution in [0.3, 0.4) is 0 Å². The quantitative estimate of drug-likeness (QED) is 0.805. The zero-order valence-electron chi connectivity index (χ0n) is 8.43. The third-order valence-corrected chi connectivity index (χ3v) is 2.96. The van der Waals surface area contributed by atoms with E-state index in [2.05, 4.69) is 9.97 Å². The van der Waals surface area contributed by atoms with Gasteiger partial charge in [0.25, 0.3) is 0 Å². The topological polar surface area (TPSA) is 51.8 Å². The number of hydrogen-bond acceptors (Lipinski definition) is 3. The van der Waals surface area contributed by atoms with Gasteiger partial charge in [-0.2, -0.15) is 0 Å². The van der Waals surface area contributed by atoms with Crippen molar-refractivity contribution in [2.75, 3.05) is 0 Å². The second-order valence-electron chi connectivity index (χ2n) is 4.15. The maximum atomic E-state index is 6.10. The van der Waals surface area contributed by atoms with Gasteiger partial charge in [0, 0.05) is 17.6 Å². The lowest BCUT2D eigenvalue weighted by Crippen LogP contribution is -2.14. The third-order valence-electron chi connectivity index (χ3n) is 2.96. The molecule has 0 amide bonds. The molecule has 0 spiro atoms. The minimum absolute atomic E-state index is 0.0939. The van der Waals surface area contributed by atoms with Gasteiger partial charge in [0.2, 0.25) is 0 Å². The lowest BCUT2D eigenvalue weighted by atomic mass is 10.1. The molecular formula is C12H13N3. The van der Waals surface area contributed by atoms with E-state index in [1.54, 1.807) is 6.20 Å². The van der Waals surface area contributed by atoms with Crippen molar-refractivity contribution >= 4 is 11.0 Å². The Balaban J connectivity index is 2.05. The average molecular weight is 199 g/mol. The van der Waals surface area contributed by atoms with Crippen LogP contribution in [0.25, 0.3) is 11.0 Å². The molecule has 0 radical (unpaired) electrons. The van der Waals surface area contributed by atoms with Crippen LogP contribution < -0.4 is 5.73 Å². The van der Waals surface area contributed by atoms with Crippen LogP contribution in [-0.4, -0.2) is 9.97 Å². The zero-order chi connectivity index (χ0) is 10.3. The van der Waals surface area contributed by atoms with Gasteiger partial charge in [0.1, 0.15) is 0 Å². The summed E-state index contributed by atoms with van der Waals surface area (Å²) in [6.45, 7) is 0. The summed E-state index contributed by atoms with van der Waals surface area (Å²) in [5, 5.41) is 1.07. The fourth-order valence-corrected chi connectivity index (χ4v) is 1.85. The molecule has 2 aromatic rings. The predicted molar refractivity (Wildman–Crippen MR) is 59.2 cm³/mol. The zero-order valence-corrected chi connectivity index (χ0v) is 8.43. The molecule has 1 atom stereocenters. The Hall–Kier alpha value is -1.48. The van der Waals surface area contributed by atoms with Crippen LogP contribution in [0.15, 0.2) is 30.5 Å². The first kappa shape index (κ1) is 8.80. The summed E-state index contributed by atoms with van der Waals surface area (Å²) >= 11 is 0. The number of aromatic nitrogens is 2. The summed E-state index contributed by atoms with van der Waals surface area (Å²) < 4.78 is 0. The molecule has 3 nitrogen and oxygen atoms in total. The SMILES string of the molecule is NC(c1ccc2cccnc2n1)C1CC1. The number of pyridine rings is 2. The Morgan fingerprint density at radius 3 is 2.93 bits per heavy atom. The highest BCUT2D eigenvalue weighted by molar-refractivity contribution is 5.74. The first-order valence-electron chi connectivity index (χ1n) is 5.32. The minimum atomic E-state index is 0.0939. The highest BCUT2D eigenvalue weighted by atomic mass is 14.9. The molecule has 76 valence electrons. The monoisotopic (exact) mass is 199 g/mol. The summed E-state index contributed by atoms with van der Waals surface area (Å²) in [6, 6.07) is 8.10. The Bertz CT molecular complexity index is 491. The van der Waals surface area contributed by atoms with Gasteiger partial charge in [0.05, 0.1) is 5.69 Å². The molecule has 2 aromatic heterocycles. The van der Waals surface area contributed by atoms with Crippen molar-refractivity contribution in [3.8, 4) is 0 Å². The van der Waals surface area contributed by atoms with Crippen molar-refractivity contribution < 1.29 is 0 Å².